The Morgan fingerprint density at radius 2 is 1.19 bits per heavy atom. The molecular formula is C12H17F8Na. The summed E-state index contributed by atoms with van der Waals surface area (Å²) in [6, 6.07) is 0. The molecule has 0 N–H and O–H groups in total. The second kappa shape index (κ2) is 11.0. The maximum absolute atomic E-state index is 12.8. The van der Waals surface area contributed by atoms with E-state index >= 15 is 0 Å². The van der Waals surface area contributed by atoms with Crippen molar-refractivity contribution < 1.29 is 64.7 Å². The van der Waals surface area contributed by atoms with Crippen molar-refractivity contribution in [2.45, 2.75) is 69.6 Å². The molecular weight excluding hydrogens is 319 g/mol. The fourth-order valence-electron chi connectivity index (χ4n) is 1.66. The van der Waals surface area contributed by atoms with Crippen LogP contribution in [0.4, 0.5) is 35.1 Å². The van der Waals surface area contributed by atoms with Gasteiger partial charge in [-0.25, -0.2) is 13.2 Å². The van der Waals surface area contributed by atoms with Gasteiger partial charge in [-0.15, -0.1) is 0 Å². The number of unbranched alkanes of at least 4 members (excludes halogenated alkanes) is 5. The Morgan fingerprint density at radius 1 is 0.762 bits per heavy atom. The van der Waals surface area contributed by atoms with E-state index in [1.807, 2.05) is 0 Å². The minimum atomic E-state index is -4.72. The molecule has 0 heterocycles. The molecule has 0 aromatic heterocycles. The van der Waals surface area contributed by atoms with E-state index in [0.717, 1.165) is 0 Å². The zero-order chi connectivity index (χ0) is 15.8. The predicted octanol–water partition coefficient (Wildman–Crippen LogP) is 3.08. The first-order chi connectivity index (χ1) is 9.07. The van der Waals surface area contributed by atoms with Crippen molar-refractivity contribution in [2.75, 3.05) is 0 Å². The van der Waals surface area contributed by atoms with Crippen LogP contribution in [-0.4, -0.2) is 18.3 Å². The van der Waals surface area contributed by atoms with E-state index in [1.165, 1.54) is 0 Å². The Hall–Kier alpha value is 0.440. The summed E-state index contributed by atoms with van der Waals surface area (Å²) in [5.41, 5.74) is 0. The molecule has 0 aliphatic rings. The third-order valence-electron chi connectivity index (χ3n) is 2.81. The SMILES string of the molecule is F[C-](F)C(F)(F)C(F)CCCCCCCCC(F)(F)F.[Na+]. The zero-order valence-electron chi connectivity index (χ0n) is 11.8. The molecule has 0 bridgehead atoms. The summed E-state index contributed by atoms with van der Waals surface area (Å²) in [4.78, 5) is 0. The van der Waals surface area contributed by atoms with E-state index < -0.39 is 37.5 Å². The number of alkyl halides is 6. The Kier molecular flexibility index (Phi) is 12.5. The Morgan fingerprint density at radius 3 is 1.62 bits per heavy atom. The van der Waals surface area contributed by atoms with Crippen LogP contribution in [0.3, 0.4) is 0 Å². The Labute approximate surface area is 140 Å². The molecule has 0 nitrogen and oxygen atoms in total. The standard InChI is InChI=1S/C12H17F8.Na/c13-9(12(19,20)10(14)15)7-5-3-1-2-4-6-8-11(16,17)18;/h9H,1-8H2;/q-1;+1. The first-order valence-electron chi connectivity index (χ1n) is 6.34. The van der Waals surface area contributed by atoms with Crippen LogP contribution in [0.15, 0.2) is 0 Å². The smallest absolute Gasteiger partial charge is 0.415 e. The van der Waals surface area contributed by atoms with Gasteiger partial charge in [0.05, 0.1) is 6.43 Å². The molecule has 0 aliphatic carbocycles. The zero-order valence-corrected chi connectivity index (χ0v) is 13.8. The van der Waals surface area contributed by atoms with E-state index in [-0.39, 0.29) is 42.4 Å². The molecule has 0 saturated heterocycles. The maximum Gasteiger partial charge on any atom is 1.00 e. The van der Waals surface area contributed by atoms with Gasteiger partial charge in [0.15, 0.2) is 0 Å². The topological polar surface area (TPSA) is 0 Å². The summed E-state index contributed by atoms with van der Waals surface area (Å²) >= 11 is 0. The van der Waals surface area contributed by atoms with E-state index in [2.05, 4.69) is 0 Å². The molecule has 0 aromatic rings. The molecule has 0 spiro atoms. The fourth-order valence-corrected chi connectivity index (χ4v) is 1.66. The first-order valence-corrected chi connectivity index (χ1v) is 6.34. The number of rotatable bonds is 10. The molecule has 0 fully saturated rings. The van der Waals surface area contributed by atoms with Crippen molar-refractivity contribution in [3.8, 4) is 0 Å². The summed E-state index contributed by atoms with van der Waals surface area (Å²) in [6.45, 7) is 0. The molecule has 1 atom stereocenters. The molecule has 0 aromatic carbocycles. The van der Waals surface area contributed by atoms with Gasteiger partial charge in [-0.3, -0.25) is 0 Å². The molecule has 21 heavy (non-hydrogen) atoms. The van der Waals surface area contributed by atoms with E-state index in [4.69, 9.17) is 0 Å². The molecule has 0 amide bonds. The quantitative estimate of drug-likeness (QED) is 0.249. The van der Waals surface area contributed by atoms with Gasteiger partial charge in [-0.2, -0.15) is 13.2 Å². The van der Waals surface area contributed by atoms with Crippen LogP contribution in [0.2, 0.25) is 0 Å². The van der Waals surface area contributed by atoms with Crippen molar-refractivity contribution in [3.63, 3.8) is 0 Å². The van der Waals surface area contributed by atoms with Gasteiger partial charge in [-0.05, 0) is 12.8 Å². The average Bonchev–Trinajstić information content (AvgIpc) is 2.30. The number of hydrogen-bond donors (Lipinski definition) is 0. The van der Waals surface area contributed by atoms with Crippen LogP contribution in [0, 0.1) is 6.43 Å². The summed E-state index contributed by atoms with van der Waals surface area (Å²) in [7, 11) is 0. The maximum atomic E-state index is 12.8. The van der Waals surface area contributed by atoms with Crippen molar-refractivity contribution in [2.24, 2.45) is 0 Å². The third kappa shape index (κ3) is 11.6. The van der Waals surface area contributed by atoms with Gasteiger partial charge in [0.1, 0.15) is 6.17 Å². The van der Waals surface area contributed by atoms with E-state index in [1.54, 1.807) is 0 Å². The Balaban J connectivity index is 0. The summed E-state index contributed by atoms with van der Waals surface area (Å²) in [5.74, 6) is -4.72. The van der Waals surface area contributed by atoms with Crippen LogP contribution in [0.5, 0.6) is 0 Å². The van der Waals surface area contributed by atoms with Crippen LogP contribution >= 0.6 is 0 Å². The molecule has 0 radical (unpaired) electrons. The van der Waals surface area contributed by atoms with Crippen LogP contribution < -0.4 is 29.6 Å². The predicted molar refractivity (Wildman–Crippen MR) is 58.3 cm³/mol. The van der Waals surface area contributed by atoms with Gasteiger partial charge in [-0.1, -0.05) is 32.1 Å². The van der Waals surface area contributed by atoms with E-state index in [0.29, 0.717) is 25.7 Å². The van der Waals surface area contributed by atoms with Gasteiger partial charge in [0.2, 0.25) is 5.92 Å². The molecule has 0 aliphatic heterocycles. The summed E-state index contributed by atoms with van der Waals surface area (Å²) < 4.78 is 96.5. The van der Waals surface area contributed by atoms with Crippen LogP contribution in [0.25, 0.3) is 0 Å². The summed E-state index contributed by atoms with van der Waals surface area (Å²) in [5, 5.41) is 0. The number of hydrogen-bond acceptors (Lipinski definition) is 0. The largest absolute Gasteiger partial charge is 1.00 e. The summed E-state index contributed by atoms with van der Waals surface area (Å²) in [6.07, 6.45) is -10.3. The van der Waals surface area contributed by atoms with Crippen molar-refractivity contribution in [1.29, 1.82) is 0 Å². The second-order valence-electron chi connectivity index (χ2n) is 4.63. The van der Waals surface area contributed by atoms with Gasteiger partial charge in [0, 0.05) is 6.42 Å². The van der Waals surface area contributed by atoms with Crippen molar-refractivity contribution in [1.82, 2.24) is 0 Å². The van der Waals surface area contributed by atoms with Crippen molar-refractivity contribution >= 4 is 0 Å². The molecule has 9 heteroatoms. The minimum Gasteiger partial charge on any atom is -0.415 e. The first kappa shape index (κ1) is 23.7. The second-order valence-corrected chi connectivity index (χ2v) is 4.63. The third-order valence-corrected chi connectivity index (χ3v) is 2.81. The van der Waals surface area contributed by atoms with E-state index in [9.17, 15) is 35.1 Å². The van der Waals surface area contributed by atoms with Gasteiger partial charge in [0.25, 0.3) is 0 Å². The fraction of sp³-hybridized carbons (Fsp3) is 0.917. The molecule has 122 valence electrons. The van der Waals surface area contributed by atoms with Crippen LogP contribution in [-0.2, 0) is 0 Å². The monoisotopic (exact) mass is 336 g/mol. The van der Waals surface area contributed by atoms with Gasteiger partial charge >= 0.3 is 35.7 Å². The molecule has 1 unspecified atom stereocenters. The Bertz CT molecular complexity index is 254. The molecule has 0 saturated carbocycles. The average molecular weight is 336 g/mol. The minimum absolute atomic E-state index is 0. The van der Waals surface area contributed by atoms with Crippen molar-refractivity contribution in [3.05, 3.63) is 6.43 Å². The molecule has 0 rings (SSSR count). The van der Waals surface area contributed by atoms with Gasteiger partial charge < -0.3 is 8.78 Å². The number of halogens is 8. The van der Waals surface area contributed by atoms with Crippen LogP contribution in [0.1, 0.15) is 51.4 Å². The normalized spacial score (nSPS) is 14.1.